The van der Waals surface area contributed by atoms with Crippen molar-refractivity contribution in [3.05, 3.63) is 59.4 Å². The Morgan fingerprint density at radius 1 is 1.14 bits per heavy atom. The Balaban J connectivity index is 0.00000242. The molecular formula is C18H23N2OY+. The van der Waals surface area contributed by atoms with Crippen LogP contribution in [0.1, 0.15) is 23.6 Å². The van der Waals surface area contributed by atoms with E-state index in [1.807, 2.05) is 35.2 Å². The van der Waals surface area contributed by atoms with Gasteiger partial charge in [-0.2, -0.15) is 4.57 Å². The van der Waals surface area contributed by atoms with Gasteiger partial charge in [0.25, 0.3) is 0 Å². The molecule has 0 unspecified atom stereocenters. The first-order valence-electron chi connectivity index (χ1n) is 7.40. The second-order valence-electron chi connectivity index (χ2n) is 5.38. The first-order valence-corrected chi connectivity index (χ1v) is 7.40. The summed E-state index contributed by atoms with van der Waals surface area (Å²) < 4.78 is 1.94. The molecule has 2 aromatic rings. The normalized spacial score (nSPS) is 9.95. The summed E-state index contributed by atoms with van der Waals surface area (Å²) in [7, 11) is 0. The first kappa shape index (κ1) is 19.0. The molecule has 1 heterocycles. The summed E-state index contributed by atoms with van der Waals surface area (Å²) in [6.07, 6.45) is 4.41. The molecule has 1 N–H and O–H groups in total. The number of hydrogen-bond acceptors (Lipinski definition) is 2. The summed E-state index contributed by atoms with van der Waals surface area (Å²) in [4.78, 5) is 12.3. The van der Waals surface area contributed by atoms with E-state index in [1.54, 1.807) is 0 Å². The van der Waals surface area contributed by atoms with Crippen molar-refractivity contribution in [2.24, 2.45) is 0 Å². The van der Waals surface area contributed by atoms with Crippen LogP contribution in [-0.4, -0.2) is 12.3 Å². The fourth-order valence-corrected chi connectivity index (χ4v) is 2.51. The van der Waals surface area contributed by atoms with Crippen LogP contribution in [0, 0.1) is 13.8 Å². The van der Waals surface area contributed by atoms with Gasteiger partial charge in [0.05, 0.1) is 5.69 Å². The van der Waals surface area contributed by atoms with Crippen molar-refractivity contribution in [2.45, 2.75) is 33.7 Å². The summed E-state index contributed by atoms with van der Waals surface area (Å²) in [5, 5.41) is 3.26. The minimum atomic E-state index is 0. The van der Waals surface area contributed by atoms with Crippen LogP contribution in [0.15, 0.2) is 42.7 Å². The van der Waals surface area contributed by atoms with Gasteiger partial charge in [0.15, 0.2) is 12.4 Å². The van der Waals surface area contributed by atoms with Gasteiger partial charge in [0, 0.05) is 51.7 Å². The molecule has 0 aliphatic heterocycles. The van der Waals surface area contributed by atoms with Crippen LogP contribution >= 0.6 is 0 Å². The number of carbonyl (C=O) groups excluding carboxylic acids is 1. The van der Waals surface area contributed by atoms with E-state index in [1.165, 1.54) is 11.1 Å². The summed E-state index contributed by atoms with van der Waals surface area (Å²) >= 11 is 0. The fraction of sp³-hybridized carbons (Fsp3) is 0.333. The molecule has 4 heteroatoms. The van der Waals surface area contributed by atoms with E-state index in [4.69, 9.17) is 0 Å². The number of aromatic nitrogens is 1. The molecule has 3 nitrogen and oxygen atoms in total. The number of nitrogens with zero attached hydrogens (tertiary/aromatic N) is 1. The smallest absolute Gasteiger partial charge is 0.206 e. The van der Waals surface area contributed by atoms with Crippen LogP contribution in [0.4, 0.5) is 5.69 Å². The third-order valence-electron chi connectivity index (χ3n) is 3.62. The van der Waals surface area contributed by atoms with Crippen LogP contribution in [0.25, 0.3) is 0 Å². The van der Waals surface area contributed by atoms with Crippen LogP contribution in [-0.2, 0) is 50.5 Å². The molecule has 0 saturated heterocycles. The maximum Gasteiger partial charge on any atom is 0.206 e. The molecule has 0 atom stereocenters. The number of anilines is 1. The molecule has 0 bridgehead atoms. The zero-order valence-corrected chi connectivity index (χ0v) is 16.4. The number of nitrogens with one attached hydrogen (secondary N) is 1. The molecule has 1 aromatic carbocycles. The number of hydrogen-bond donors (Lipinski definition) is 1. The average molecular weight is 372 g/mol. The molecule has 0 amide bonds. The molecular weight excluding hydrogens is 349 g/mol. The van der Waals surface area contributed by atoms with Crippen LogP contribution < -0.4 is 9.88 Å². The molecule has 1 aromatic heterocycles. The number of Topliss-reactive ketones (excluding diaryl/α,β-unsaturated/α-hetero) is 1. The Hall–Kier alpha value is -1.06. The SMILES string of the molecule is CCNc1ccc[n+](CC(=O)Cc2c(C)cccc2C)c1.[Y]. The standard InChI is InChI=1S/C18H23N2O.Y/c1-4-19-16-9-6-10-20(12-16)13-17(21)11-18-14(2)7-5-8-15(18)3;/h5-10,12,19H,4,11,13H2,1-3H3;/q+1;. The molecule has 0 fully saturated rings. The van der Waals surface area contributed by atoms with E-state index in [0.717, 1.165) is 17.8 Å². The molecule has 2 rings (SSSR count). The van der Waals surface area contributed by atoms with Gasteiger partial charge in [-0.1, -0.05) is 18.2 Å². The van der Waals surface area contributed by atoms with Crippen LogP contribution in [0.5, 0.6) is 0 Å². The van der Waals surface area contributed by atoms with E-state index >= 15 is 0 Å². The molecule has 22 heavy (non-hydrogen) atoms. The van der Waals surface area contributed by atoms with Crippen molar-refractivity contribution in [3.63, 3.8) is 0 Å². The quantitative estimate of drug-likeness (QED) is 0.792. The minimum absolute atomic E-state index is 0. The number of rotatable bonds is 6. The van der Waals surface area contributed by atoms with E-state index in [9.17, 15) is 4.79 Å². The third kappa shape index (κ3) is 5.29. The van der Waals surface area contributed by atoms with Crippen LogP contribution in [0.3, 0.4) is 0 Å². The summed E-state index contributed by atoms with van der Waals surface area (Å²) in [5.41, 5.74) is 4.58. The van der Waals surface area contributed by atoms with E-state index in [0.29, 0.717) is 13.0 Å². The largest absolute Gasteiger partial charge is 0.381 e. The maximum absolute atomic E-state index is 12.3. The second-order valence-corrected chi connectivity index (χ2v) is 5.38. The van der Waals surface area contributed by atoms with E-state index < -0.39 is 0 Å². The van der Waals surface area contributed by atoms with Crippen molar-refractivity contribution in [2.75, 3.05) is 11.9 Å². The van der Waals surface area contributed by atoms with Gasteiger partial charge in [-0.3, -0.25) is 4.79 Å². The van der Waals surface area contributed by atoms with Gasteiger partial charge < -0.3 is 5.32 Å². The number of aryl methyl sites for hydroxylation is 2. The predicted molar refractivity (Wildman–Crippen MR) is 85.4 cm³/mol. The Kier molecular flexibility index (Phi) is 7.91. The Bertz CT molecular complexity index is 620. The average Bonchev–Trinajstić information content (AvgIpc) is 2.44. The summed E-state index contributed by atoms with van der Waals surface area (Å²) in [6.45, 7) is 7.47. The number of pyridine rings is 1. The van der Waals surface area contributed by atoms with Gasteiger partial charge in [0.2, 0.25) is 12.3 Å². The topological polar surface area (TPSA) is 33.0 Å². The summed E-state index contributed by atoms with van der Waals surface area (Å²) in [5.74, 6) is 0.228. The van der Waals surface area contributed by atoms with Gasteiger partial charge in [-0.05, 0) is 43.5 Å². The molecule has 0 spiro atoms. The minimum Gasteiger partial charge on any atom is -0.381 e. The Morgan fingerprint density at radius 3 is 2.45 bits per heavy atom. The monoisotopic (exact) mass is 372 g/mol. The van der Waals surface area contributed by atoms with Crippen molar-refractivity contribution in [1.82, 2.24) is 0 Å². The van der Waals surface area contributed by atoms with Gasteiger partial charge >= 0.3 is 0 Å². The molecule has 1 radical (unpaired) electrons. The van der Waals surface area contributed by atoms with Gasteiger partial charge in [-0.25, -0.2) is 0 Å². The van der Waals surface area contributed by atoms with Crippen molar-refractivity contribution < 1.29 is 42.1 Å². The number of carbonyl (C=O) groups is 1. The van der Waals surface area contributed by atoms with Crippen molar-refractivity contribution in [1.29, 1.82) is 0 Å². The molecule has 0 aliphatic carbocycles. The zero-order chi connectivity index (χ0) is 15.2. The van der Waals surface area contributed by atoms with E-state index in [-0.39, 0.29) is 38.5 Å². The Morgan fingerprint density at radius 2 is 1.82 bits per heavy atom. The Labute approximate surface area is 158 Å². The second kappa shape index (κ2) is 9.17. The molecule has 0 aliphatic rings. The molecule has 0 saturated carbocycles. The van der Waals surface area contributed by atoms with Crippen molar-refractivity contribution in [3.8, 4) is 0 Å². The maximum atomic E-state index is 12.3. The number of ketones is 1. The van der Waals surface area contributed by atoms with Gasteiger partial charge in [0.1, 0.15) is 0 Å². The zero-order valence-electron chi connectivity index (χ0n) is 13.6. The molecule has 113 valence electrons. The van der Waals surface area contributed by atoms with Crippen molar-refractivity contribution >= 4 is 11.5 Å². The van der Waals surface area contributed by atoms with E-state index in [2.05, 4.69) is 38.2 Å². The van der Waals surface area contributed by atoms with Crippen LogP contribution in [0.2, 0.25) is 0 Å². The fourth-order valence-electron chi connectivity index (χ4n) is 2.51. The summed E-state index contributed by atoms with van der Waals surface area (Å²) in [6, 6.07) is 10.1. The third-order valence-corrected chi connectivity index (χ3v) is 3.62. The van der Waals surface area contributed by atoms with Gasteiger partial charge in [-0.15, -0.1) is 0 Å². The predicted octanol–water partition coefficient (Wildman–Crippen LogP) is 2.83. The number of benzene rings is 1. The first-order chi connectivity index (χ1) is 10.1.